The highest BCUT2D eigenvalue weighted by Crippen LogP contribution is 2.30. The molecule has 2 aromatic carbocycles. The zero-order valence-electron chi connectivity index (χ0n) is 13.4. The van der Waals surface area contributed by atoms with E-state index >= 15 is 0 Å². The number of allylic oxidation sites excluding steroid dienone is 3. The summed E-state index contributed by atoms with van der Waals surface area (Å²) in [4.78, 5) is 2.20. The van der Waals surface area contributed by atoms with Crippen LogP contribution in [-0.4, -0.2) is 13.6 Å². The Morgan fingerprint density at radius 3 is 2.35 bits per heavy atom. The number of rotatable bonds is 7. The Kier molecular flexibility index (Phi) is 8.30. The maximum absolute atomic E-state index is 3.49. The zero-order chi connectivity index (χ0) is 15.6. The van der Waals surface area contributed by atoms with Gasteiger partial charge in [-0.2, -0.15) is 0 Å². The van der Waals surface area contributed by atoms with E-state index in [9.17, 15) is 0 Å². The largest absolute Gasteiger partial charge is 0.380 e. The van der Waals surface area contributed by atoms with Gasteiger partial charge in [-0.05, 0) is 37.6 Å². The Hall–Kier alpha value is -2.48. The summed E-state index contributed by atoms with van der Waals surface area (Å²) in [6.45, 7) is 2.87. The predicted octanol–water partition coefficient (Wildman–Crippen LogP) is 6.02. The molecule has 0 radical (unpaired) electrons. The molecule has 0 heterocycles. The number of para-hydroxylation sites is 3. The maximum Gasteiger partial charge on any atom is 0.0643 e. The van der Waals surface area contributed by atoms with E-state index in [4.69, 9.17) is 0 Å². The van der Waals surface area contributed by atoms with Crippen LogP contribution in [0.4, 0.5) is 17.1 Å². The van der Waals surface area contributed by atoms with Gasteiger partial charge >= 0.3 is 0 Å². The molecule has 0 spiro atoms. The second kappa shape index (κ2) is 10.3. The van der Waals surface area contributed by atoms with E-state index in [2.05, 4.69) is 90.1 Å². The van der Waals surface area contributed by atoms with Crippen molar-refractivity contribution in [1.82, 2.24) is 0 Å². The molecule has 0 unspecified atom stereocenters. The predicted molar refractivity (Wildman–Crippen MR) is 105 cm³/mol. The van der Waals surface area contributed by atoms with Crippen LogP contribution in [0.2, 0.25) is 0 Å². The van der Waals surface area contributed by atoms with E-state index in [1.54, 1.807) is 0 Å². The van der Waals surface area contributed by atoms with Crippen LogP contribution in [0.25, 0.3) is 0 Å². The fraction of sp³-hybridized carbons (Fsp3) is 0.238. The molecule has 23 heavy (non-hydrogen) atoms. The van der Waals surface area contributed by atoms with Crippen molar-refractivity contribution >= 4 is 17.1 Å². The molecule has 0 bridgehead atoms. The Bertz CT molecular complexity index is 615. The van der Waals surface area contributed by atoms with Gasteiger partial charge in [0.2, 0.25) is 0 Å². The summed E-state index contributed by atoms with van der Waals surface area (Å²) in [6, 6.07) is 18.8. The molecule has 0 aliphatic carbocycles. The summed E-state index contributed by atoms with van der Waals surface area (Å²) >= 11 is 0. The zero-order valence-corrected chi connectivity index (χ0v) is 13.4. The second-order valence-electron chi connectivity index (χ2n) is 5.07. The maximum atomic E-state index is 3.49. The summed E-state index contributed by atoms with van der Waals surface area (Å²) in [5, 5.41) is 3.49. The van der Waals surface area contributed by atoms with Crippen LogP contribution in [0.5, 0.6) is 0 Å². The Balaban J connectivity index is 0.00000264. The van der Waals surface area contributed by atoms with Gasteiger partial charge < -0.3 is 10.2 Å². The van der Waals surface area contributed by atoms with Crippen molar-refractivity contribution < 1.29 is 0 Å². The summed E-state index contributed by atoms with van der Waals surface area (Å²) in [6.07, 6.45) is 9.55. The van der Waals surface area contributed by atoms with Crippen LogP contribution in [0, 0.1) is 0 Å². The quantitative estimate of drug-likeness (QED) is 0.629. The first kappa shape index (κ1) is 18.6. The molecule has 0 aliphatic rings. The van der Waals surface area contributed by atoms with Gasteiger partial charge in [-0.1, -0.05) is 62.1 Å². The fourth-order valence-corrected chi connectivity index (χ4v) is 2.27. The molecular formula is C21H28N2. The van der Waals surface area contributed by atoms with Crippen LogP contribution >= 0.6 is 0 Å². The molecule has 2 aromatic rings. The molecular weight excluding hydrogens is 280 g/mol. The molecule has 122 valence electrons. The van der Waals surface area contributed by atoms with Gasteiger partial charge in [-0.15, -0.1) is 0 Å². The third kappa shape index (κ3) is 5.67. The smallest absolute Gasteiger partial charge is 0.0643 e. The molecule has 0 aliphatic heterocycles. The van der Waals surface area contributed by atoms with Crippen molar-refractivity contribution in [3.63, 3.8) is 0 Å². The topological polar surface area (TPSA) is 15.3 Å². The van der Waals surface area contributed by atoms with E-state index < -0.39 is 0 Å². The number of nitrogens with one attached hydrogen (secondary N) is 1. The minimum Gasteiger partial charge on any atom is -0.380 e. The van der Waals surface area contributed by atoms with Crippen LogP contribution in [0.15, 0.2) is 78.9 Å². The lowest BCUT2D eigenvalue weighted by molar-refractivity contribution is 1.19. The van der Waals surface area contributed by atoms with Crippen molar-refractivity contribution in [3.05, 3.63) is 78.9 Å². The van der Waals surface area contributed by atoms with Gasteiger partial charge in [0.05, 0.1) is 11.4 Å². The summed E-state index contributed by atoms with van der Waals surface area (Å²) < 4.78 is 0. The van der Waals surface area contributed by atoms with E-state index in [1.165, 1.54) is 11.4 Å². The van der Waals surface area contributed by atoms with Crippen molar-refractivity contribution in [2.75, 3.05) is 23.8 Å². The lowest BCUT2D eigenvalue weighted by Crippen LogP contribution is -2.12. The molecule has 0 aromatic heterocycles. The van der Waals surface area contributed by atoms with Gasteiger partial charge in [-0.25, -0.2) is 0 Å². The molecule has 2 heteroatoms. The third-order valence-corrected chi connectivity index (χ3v) is 3.49. The Morgan fingerprint density at radius 1 is 0.913 bits per heavy atom. The van der Waals surface area contributed by atoms with Gasteiger partial charge in [0, 0.05) is 19.3 Å². The Morgan fingerprint density at radius 2 is 1.61 bits per heavy atom. The van der Waals surface area contributed by atoms with Crippen LogP contribution < -0.4 is 10.2 Å². The normalized spacial score (nSPS) is 10.7. The molecule has 0 saturated heterocycles. The average Bonchev–Trinajstić information content (AvgIpc) is 2.58. The minimum atomic E-state index is 0. The number of hydrogen-bond acceptors (Lipinski definition) is 2. The van der Waals surface area contributed by atoms with E-state index in [0.29, 0.717) is 0 Å². The second-order valence-corrected chi connectivity index (χ2v) is 5.07. The first-order valence-electron chi connectivity index (χ1n) is 7.70. The first-order chi connectivity index (χ1) is 10.8. The molecule has 0 amide bonds. The summed E-state index contributed by atoms with van der Waals surface area (Å²) in [7, 11) is 2.09. The van der Waals surface area contributed by atoms with E-state index in [0.717, 1.165) is 18.7 Å². The highest BCUT2D eigenvalue weighted by Gasteiger charge is 2.07. The highest BCUT2D eigenvalue weighted by molar-refractivity contribution is 5.76. The molecule has 0 fully saturated rings. The lowest BCUT2D eigenvalue weighted by atomic mass is 10.2. The number of nitrogens with zero attached hydrogens (tertiary/aromatic N) is 1. The SMILES string of the molecule is C.C/C=C\C/C=C\CNc1ccccc1N(C)c1ccccc1. The molecule has 0 atom stereocenters. The van der Waals surface area contributed by atoms with Crippen molar-refractivity contribution in [2.24, 2.45) is 0 Å². The molecule has 0 saturated carbocycles. The standard InChI is InChI=1S/C20H24N2.CH4/c1-3-4-5-6-12-17-21-19-15-10-11-16-20(19)22(2)18-13-8-7-9-14-18;/h3-4,6-16,21H,5,17H2,1-2H3;1H4/b4-3-,12-6-;. The molecule has 1 N–H and O–H groups in total. The van der Waals surface area contributed by atoms with E-state index in [-0.39, 0.29) is 7.43 Å². The van der Waals surface area contributed by atoms with Crippen LogP contribution in [0.1, 0.15) is 20.8 Å². The first-order valence-corrected chi connectivity index (χ1v) is 7.70. The van der Waals surface area contributed by atoms with Crippen LogP contribution in [0.3, 0.4) is 0 Å². The van der Waals surface area contributed by atoms with Gasteiger partial charge in [0.25, 0.3) is 0 Å². The Labute approximate surface area is 141 Å². The van der Waals surface area contributed by atoms with Gasteiger partial charge in [-0.3, -0.25) is 0 Å². The highest BCUT2D eigenvalue weighted by atomic mass is 15.1. The fourth-order valence-electron chi connectivity index (χ4n) is 2.27. The van der Waals surface area contributed by atoms with Crippen molar-refractivity contribution in [1.29, 1.82) is 0 Å². The summed E-state index contributed by atoms with van der Waals surface area (Å²) in [5.74, 6) is 0. The third-order valence-electron chi connectivity index (χ3n) is 3.49. The average molecular weight is 308 g/mol. The van der Waals surface area contributed by atoms with Crippen molar-refractivity contribution in [2.45, 2.75) is 20.8 Å². The van der Waals surface area contributed by atoms with Crippen LogP contribution in [-0.2, 0) is 0 Å². The van der Waals surface area contributed by atoms with E-state index in [1.807, 2.05) is 13.0 Å². The number of benzene rings is 2. The van der Waals surface area contributed by atoms with Gasteiger partial charge in [0.15, 0.2) is 0 Å². The van der Waals surface area contributed by atoms with Crippen molar-refractivity contribution in [3.8, 4) is 0 Å². The lowest BCUT2D eigenvalue weighted by Gasteiger charge is -2.22. The monoisotopic (exact) mass is 308 g/mol. The minimum absolute atomic E-state index is 0. The molecule has 2 rings (SSSR count). The van der Waals surface area contributed by atoms with Gasteiger partial charge in [0.1, 0.15) is 0 Å². The number of hydrogen-bond donors (Lipinski definition) is 1. The number of anilines is 3. The molecule has 2 nitrogen and oxygen atoms in total. The summed E-state index contributed by atoms with van der Waals surface area (Å²) in [5.41, 5.74) is 3.50.